The molecular weight excluding hydrogens is 315 g/mol. The predicted molar refractivity (Wildman–Crippen MR) is 70.2 cm³/mol. The zero-order chi connectivity index (χ0) is 11.5. The van der Waals surface area contributed by atoms with Crippen LogP contribution < -0.4 is 7.63 Å². The van der Waals surface area contributed by atoms with Gasteiger partial charge in [0.25, 0.3) is 0 Å². The number of halogens is 1. The average Bonchev–Trinajstić information content (AvgIpc) is 2.31. The predicted octanol–water partition coefficient (Wildman–Crippen LogP) is 2.61. The second kappa shape index (κ2) is 4.78. The molecule has 82 valence electrons. The first-order valence-corrected chi connectivity index (χ1v) is 5.80. The standard InChI is InChI=1S/C12H12IN2O/c1-9-10(7-14-8-12(9)16-13)11-5-3-4-6-15(11)2/h3-8H,1-2H3/q+1. The van der Waals surface area contributed by atoms with Crippen molar-refractivity contribution in [3.8, 4) is 17.0 Å². The van der Waals surface area contributed by atoms with E-state index in [0.717, 1.165) is 22.6 Å². The number of nitrogens with zero attached hydrogens (tertiary/aromatic N) is 2. The van der Waals surface area contributed by atoms with Crippen molar-refractivity contribution in [3.05, 3.63) is 42.4 Å². The molecule has 0 amide bonds. The molecule has 0 aromatic carbocycles. The number of aryl methyl sites for hydroxylation is 1. The molecule has 2 aromatic rings. The number of hydrogen-bond acceptors (Lipinski definition) is 2. The van der Waals surface area contributed by atoms with Crippen molar-refractivity contribution in [1.82, 2.24) is 4.98 Å². The molecule has 0 bridgehead atoms. The molecule has 3 nitrogen and oxygen atoms in total. The average molecular weight is 327 g/mol. The maximum absolute atomic E-state index is 5.25. The Balaban J connectivity index is 2.61. The normalized spacial score (nSPS) is 10.2. The summed E-state index contributed by atoms with van der Waals surface area (Å²) in [6.45, 7) is 2.04. The molecule has 2 aromatic heterocycles. The van der Waals surface area contributed by atoms with Gasteiger partial charge < -0.3 is 3.07 Å². The maximum atomic E-state index is 5.25. The van der Waals surface area contributed by atoms with Gasteiger partial charge in [0.15, 0.2) is 35.0 Å². The molecule has 0 aliphatic rings. The van der Waals surface area contributed by atoms with Gasteiger partial charge in [0, 0.05) is 23.9 Å². The Morgan fingerprint density at radius 2 is 2.12 bits per heavy atom. The molecule has 4 heteroatoms. The summed E-state index contributed by atoms with van der Waals surface area (Å²) in [6, 6.07) is 6.10. The molecule has 0 atom stereocenters. The summed E-state index contributed by atoms with van der Waals surface area (Å²) in [6.07, 6.45) is 5.62. The van der Waals surface area contributed by atoms with Crippen LogP contribution in [0.3, 0.4) is 0 Å². The van der Waals surface area contributed by atoms with Crippen molar-refractivity contribution in [2.24, 2.45) is 7.05 Å². The van der Waals surface area contributed by atoms with Gasteiger partial charge in [-0.05, 0) is 13.0 Å². The van der Waals surface area contributed by atoms with E-state index in [1.54, 1.807) is 6.20 Å². The van der Waals surface area contributed by atoms with Crippen molar-refractivity contribution in [2.45, 2.75) is 6.92 Å². The molecule has 0 unspecified atom stereocenters. The molecule has 0 N–H and O–H groups in total. The lowest BCUT2D eigenvalue weighted by Gasteiger charge is -2.06. The van der Waals surface area contributed by atoms with Crippen molar-refractivity contribution in [3.63, 3.8) is 0 Å². The third-order valence-electron chi connectivity index (χ3n) is 2.58. The third kappa shape index (κ3) is 2.02. The van der Waals surface area contributed by atoms with Gasteiger partial charge in [0.1, 0.15) is 7.05 Å². The fourth-order valence-corrected chi connectivity index (χ4v) is 2.09. The Kier molecular flexibility index (Phi) is 3.38. The maximum Gasteiger partial charge on any atom is 0.214 e. The minimum absolute atomic E-state index is 0.807. The van der Waals surface area contributed by atoms with E-state index in [4.69, 9.17) is 3.07 Å². The van der Waals surface area contributed by atoms with Crippen LogP contribution in [-0.2, 0) is 7.05 Å². The number of aromatic nitrogens is 2. The van der Waals surface area contributed by atoms with Crippen molar-refractivity contribution >= 4 is 23.0 Å². The summed E-state index contributed by atoms with van der Waals surface area (Å²) >= 11 is 1.88. The first-order chi connectivity index (χ1) is 7.74. The largest absolute Gasteiger partial charge is 0.426 e. The van der Waals surface area contributed by atoms with Gasteiger partial charge in [-0.1, -0.05) is 0 Å². The van der Waals surface area contributed by atoms with Crippen LogP contribution in [0.5, 0.6) is 5.75 Å². The van der Waals surface area contributed by atoms with Crippen molar-refractivity contribution < 1.29 is 7.63 Å². The van der Waals surface area contributed by atoms with Gasteiger partial charge in [0.05, 0.1) is 11.8 Å². The van der Waals surface area contributed by atoms with Crippen LogP contribution in [0.2, 0.25) is 0 Å². The van der Waals surface area contributed by atoms with E-state index in [1.165, 1.54) is 0 Å². The number of pyridine rings is 2. The number of rotatable bonds is 2. The van der Waals surface area contributed by atoms with E-state index >= 15 is 0 Å². The third-order valence-corrected chi connectivity index (χ3v) is 3.06. The first kappa shape index (κ1) is 11.3. The fourth-order valence-electron chi connectivity index (χ4n) is 1.65. The van der Waals surface area contributed by atoms with Crippen molar-refractivity contribution in [1.29, 1.82) is 0 Å². The lowest BCUT2D eigenvalue weighted by molar-refractivity contribution is -0.660. The molecule has 0 radical (unpaired) electrons. The second-order valence-corrected chi connectivity index (χ2v) is 4.02. The van der Waals surface area contributed by atoms with E-state index < -0.39 is 0 Å². The van der Waals surface area contributed by atoms with Gasteiger partial charge >= 0.3 is 0 Å². The Hall–Kier alpha value is -1.17. The Bertz CT molecular complexity index is 514. The van der Waals surface area contributed by atoms with Gasteiger partial charge in [-0.15, -0.1) is 0 Å². The van der Waals surface area contributed by atoms with Crippen LogP contribution in [0.25, 0.3) is 11.3 Å². The fraction of sp³-hybridized carbons (Fsp3) is 0.167. The molecule has 0 aliphatic carbocycles. The molecule has 0 spiro atoms. The Morgan fingerprint density at radius 1 is 1.31 bits per heavy atom. The molecule has 0 fully saturated rings. The van der Waals surface area contributed by atoms with Gasteiger partial charge in [-0.2, -0.15) is 0 Å². The van der Waals surface area contributed by atoms with Crippen LogP contribution in [0.1, 0.15) is 5.56 Å². The summed E-state index contributed by atoms with van der Waals surface area (Å²) in [5, 5.41) is 0. The highest BCUT2D eigenvalue weighted by Gasteiger charge is 2.14. The lowest BCUT2D eigenvalue weighted by Crippen LogP contribution is -2.30. The highest BCUT2D eigenvalue weighted by atomic mass is 127. The molecule has 0 aliphatic heterocycles. The summed E-state index contributed by atoms with van der Waals surface area (Å²) in [5.74, 6) is 0.807. The van der Waals surface area contributed by atoms with Crippen LogP contribution in [-0.4, -0.2) is 4.98 Å². The molecule has 0 saturated carbocycles. The summed E-state index contributed by atoms with van der Waals surface area (Å²) in [7, 11) is 2.02. The molecule has 2 rings (SSSR count). The molecular formula is C12H12IN2O+. The topological polar surface area (TPSA) is 26.0 Å². The lowest BCUT2D eigenvalue weighted by atomic mass is 10.1. The van der Waals surface area contributed by atoms with Crippen LogP contribution in [0.4, 0.5) is 0 Å². The Labute approximate surface area is 109 Å². The summed E-state index contributed by atoms with van der Waals surface area (Å²) < 4.78 is 7.32. The molecule has 16 heavy (non-hydrogen) atoms. The SMILES string of the molecule is Cc1c(OI)cncc1-c1cccc[n+]1C. The molecule has 0 saturated heterocycles. The zero-order valence-electron chi connectivity index (χ0n) is 9.14. The van der Waals surface area contributed by atoms with Gasteiger partial charge in [-0.25, -0.2) is 4.57 Å². The van der Waals surface area contributed by atoms with E-state index in [2.05, 4.69) is 15.6 Å². The zero-order valence-corrected chi connectivity index (χ0v) is 11.3. The second-order valence-electron chi connectivity index (χ2n) is 3.58. The minimum Gasteiger partial charge on any atom is -0.426 e. The van der Waals surface area contributed by atoms with Gasteiger partial charge in [0.2, 0.25) is 5.69 Å². The van der Waals surface area contributed by atoms with Crippen molar-refractivity contribution in [2.75, 3.05) is 0 Å². The monoisotopic (exact) mass is 327 g/mol. The van der Waals surface area contributed by atoms with E-state index in [0.29, 0.717) is 0 Å². The molecule has 2 heterocycles. The number of hydrogen-bond donors (Lipinski definition) is 0. The highest BCUT2D eigenvalue weighted by molar-refractivity contribution is 14.1. The summed E-state index contributed by atoms with van der Waals surface area (Å²) in [5.41, 5.74) is 3.33. The van der Waals surface area contributed by atoms with E-state index in [-0.39, 0.29) is 0 Å². The summed E-state index contributed by atoms with van der Waals surface area (Å²) in [4.78, 5) is 4.19. The Morgan fingerprint density at radius 3 is 2.81 bits per heavy atom. The van der Waals surface area contributed by atoms with Crippen LogP contribution in [0.15, 0.2) is 36.8 Å². The van der Waals surface area contributed by atoms with Gasteiger partial charge in [-0.3, -0.25) is 4.98 Å². The van der Waals surface area contributed by atoms with E-state index in [1.807, 2.05) is 61.5 Å². The first-order valence-electron chi connectivity index (χ1n) is 4.92. The quantitative estimate of drug-likeness (QED) is 0.626. The minimum atomic E-state index is 0.807. The highest BCUT2D eigenvalue weighted by Crippen LogP contribution is 2.27. The van der Waals surface area contributed by atoms with Crippen LogP contribution >= 0.6 is 23.0 Å². The smallest absolute Gasteiger partial charge is 0.214 e. The van der Waals surface area contributed by atoms with Crippen LogP contribution in [0, 0.1) is 6.92 Å². The van der Waals surface area contributed by atoms with E-state index in [9.17, 15) is 0 Å².